The van der Waals surface area contributed by atoms with Gasteiger partial charge in [0.15, 0.2) is 5.01 Å². The van der Waals surface area contributed by atoms with E-state index in [1.807, 2.05) is 51.4 Å². The molecule has 162 valence electrons. The number of ether oxygens (including phenoxy) is 1. The highest BCUT2D eigenvalue weighted by molar-refractivity contribution is 7.14. The molecule has 2 aromatic heterocycles. The van der Waals surface area contributed by atoms with E-state index in [1.165, 1.54) is 11.3 Å². The first-order chi connectivity index (χ1) is 15.0. The first kappa shape index (κ1) is 21.3. The molecule has 1 aliphatic heterocycles. The van der Waals surface area contributed by atoms with Crippen LogP contribution >= 0.6 is 11.3 Å². The second-order valence-corrected chi connectivity index (χ2v) is 8.68. The second-order valence-electron chi connectivity index (χ2n) is 7.60. The van der Waals surface area contributed by atoms with Gasteiger partial charge in [0.1, 0.15) is 11.6 Å². The van der Waals surface area contributed by atoms with Crippen LogP contribution < -0.4 is 10.1 Å². The summed E-state index contributed by atoms with van der Waals surface area (Å²) in [5.74, 6) is 1.43. The van der Waals surface area contributed by atoms with Gasteiger partial charge in [0.2, 0.25) is 0 Å². The maximum Gasteiger partial charge on any atom is 0.283 e. The van der Waals surface area contributed by atoms with Gasteiger partial charge in [0.05, 0.1) is 18.9 Å². The number of aromatic nitrogens is 2. The standard InChI is InChI=1S/C23H26N4O3S/c1-14(2)27(9-10-28)23(29)22-26-21-17-12-15(16-5-7-20(24-3)25-13-16)4-6-18(17)30-11-8-19(21)31-22/h4-7,12-14,28H,8-11H2,1-3H3,(H,24,25). The van der Waals surface area contributed by atoms with Gasteiger partial charge in [-0.25, -0.2) is 9.97 Å². The highest BCUT2D eigenvalue weighted by Crippen LogP contribution is 2.40. The van der Waals surface area contributed by atoms with Gasteiger partial charge in [-0.15, -0.1) is 11.3 Å². The number of aliphatic hydroxyl groups excluding tert-OH is 1. The van der Waals surface area contributed by atoms with E-state index in [0.29, 0.717) is 24.6 Å². The Labute approximate surface area is 185 Å². The molecule has 0 atom stereocenters. The van der Waals surface area contributed by atoms with Crippen molar-refractivity contribution in [3.05, 3.63) is 46.4 Å². The van der Waals surface area contributed by atoms with Gasteiger partial charge in [0.25, 0.3) is 5.91 Å². The van der Waals surface area contributed by atoms with Crippen LogP contribution in [0.15, 0.2) is 36.5 Å². The van der Waals surface area contributed by atoms with Crippen LogP contribution in [0.25, 0.3) is 22.4 Å². The van der Waals surface area contributed by atoms with Crippen LogP contribution in [0.1, 0.15) is 28.5 Å². The van der Waals surface area contributed by atoms with Crippen LogP contribution in [-0.4, -0.2) is 58.7 Å². The van der Waals surface area contributed by atoms with Gasteiger partial charge >= 0.3 is 0 Å². The number of pyridine rings is 1. The molecule has 0 radical (unpaired) electrons. The molecule has 0 unspecified atom stereocenters. The Kier molecular flexibility index (Phi) is 6.20. The summed E-state index contributed by atoms with van der Waals surface area (Å²) in [6.45, 7) is 4.64. The van der Waals surface area contributed by atoms with Crippen molar-refractivity contribution >= 4 is 23.1 Å². The number of thiazole rings is 1. The summed E-state index contributed by atoms with van der Waals surface area (Å²) in [7, 11) is 1.84. The van der Waals surface area contributed by atoms with Crippen LogP contribution in [0.3, 0.4) is 0 Å². The monoisotopic (exact) mass is 438 g/mol. The van der Waals surface area contributed by atoms with Crippen molar-refractivity contribution in [3.63, 3.8) is 0 Å². The summed E-state index contributed by atoms with van der Waals surface area (Å²) in [5.41, 5.74) is 3.69. The first-order valence-corrected chi connectivity index (χ1v) is 11.2. The number of nitrogens with zero attached hydrogens (tertiary/aromatic N) is 3. The van der Waals surface area contributed by atoms with Crippen molar-refractivity contribution in [3.8, 4) is 28.1 Å². The molecular formula is C23H26N4O3S. The van der Waals surface area contributed by atoms with E-state index >= 15 is 0 Å². The maximum atomic E-state index is 13.1. The number of aliphatic hydroxyl groups is 1. The minimum absolute atomic E-state index is 0.0151. The van der Waals surface area contributed by atoms with Crippen molar-refractivity contribution in [2.75, 3.05) is 32.1 Å². The lowest BCUT2D eigenvalue weighted by molar-refractivity contribution is 0.0665. The zero-order valence-corrected chi connectivity index (χ0v) is 18.7. The van der Waals surface area contributed by atoms with Crippen molar-refractivity contribution in [1.29, 1.82) is 0 Å². The highest BCUT2D eigenvalue weighted by atomic mass is 32.1. The lowest BCUT2D eigenvalue weighted by Gasteiger charge is -2.24. The lowest BCUT2D eigenvalue weighted by Crippen LogP contribution is -2.38. The fourth-order valence-corrected chi connectivity index (χ4v) is 4.65. The topological polar surface area (TPSA) is 87.6 Å². The third-order valence-corrected chi connectivity index (χ3v) is 6.38. The Hall–Kier alpha value is -2.97. The zero-order valence-electron chi connectivity index (χ0n) is 17.9. The molecule has 8 heteroatoms. The van der Waals surface area contributed by atoms with Crippen LogP contribution in [0.4, 0.5) is 5.82 Å². The van der Waals surface area contributed by atoms with E-state index in [-0.39, 0.29) is 18.6 Å². The maximum absolute atomic E-state index is 13.1. The number of benzene rings is 1. The summed E-state index contributed by atoms with van der Waals surface area (Å²) in [6.07, 6.45) is 2.53. The minimum Gasteiger partial charge on any atom is -0.493 e. The molecule has 1 aromatic carbocycles. The fourth-order valence-electron chi connectivity index (χ4n) is 3.63. The van der Waals surface area contributed by atoms with E-state index in [4.69, 9.17) is 9.72 Å². The van der Waals surface area contributed by atoms with Gasteiger partial charge in [-0.2, -0.15) is 0 Å². The minimum atomic E-state index is -0.146. The molecule has 0 fully saturated rings. The largest absolute Gasteiger partial charge is 0.493 e. The van der Waals surface area contributed by atoms with E-state index < -0.39 is 0 Å². The number of anilines is 1. The molecule has 31 heavy (non-hydrogen) atoms. The Morgan fingerprint density at radius 2 is 2.10 bits per heavy atom. The number of rotatable bonds is 6. The molecule has 0 saturated heterocycles. The van der Waals surface area contributed by atoms with E-state index in [2.05, 4.69) is 16.4 Å². The highest BCUT2D eigenvalue weighted by Gasteiger charge is 2.27. The third-order valence-electron chi connectivity index (χ3n) is 5.28. The molecule has 0 spiro atoms. The number of carbonyl (C=O) groups is 1. The SMILES string of the molecule is CNc1ccc(-c2ccc3c(c2)-c2nc(C(=O)N(CCO)C(C)C)sc2CCO3)cn1. The molecule has 2 N–H and O–H groups in total. The fraction of sp³-hybridized carbons (Fsp3) is 0.348. The van der Waals surface area contributed by atoms with E-state index in [1.54, 1.807) is 4.90 Å². The summed E-state index contributed by atoms with van der Waals surface area (Å²) >= 11 is 1.41. The van der Waals surface area contributed by atoms with Crippen molar-refractivity contribution < 1.29 is 14.6 Å². The molecule has 1 aliphatic rings. The number of amides is 1. The number of hydrogen-bond donors (Lipinski definition) is 2. The Bertz CT molecular complexity index is 1080. The molecule has 0 aliphatic carbocycles. The predicted molar refractivity (Wildman–Crippen MR) is 123 cm³/mol. The predicted octanol–water partition coefficient (Wildman–Crippen LogP) is 3.69. The zero-order chi connectivity index (χ0) is 22.0. The lowest BCUT2D eigenvalue weighted by atomic mass is 10.0. The third kappa shape index (κ3) is 4.26. The molecule has 7 nitrogen and oxygen atoms in total. The quantitative estimate of drug-likeness (QED) is 0.610. The Morgan fingerprint density at radius 1 is 1.29 bits per heavy atom. The summed E-state index contributed by atoms with van der Waals surface area (Å²) in [6, 6.07) is 9.96. The first-order valence-electron chi connectivity index (χ1n) is 10.3. The second kappa shape index (κ2) is 9.03. The molecule has 0 bridgehead atoms. The summed E-state index contributed by atoms with van der Waals surface area (Å²) in [5, 5.41) is 12.8. The summed E-state index contributed by atoms with van der Waals surface area (Å²) < 4.78 is 5.95. The van der Waals surface area contributed by atoms with Crippen LogP contribution in [0.5, 0.6) is 5.75 Å². The van der Waals surface area contributed by atoms with Gasteiger partial charge in [-0.05, 0) is 43.7 Å². The molecule has 3 heterocycles. The smallest absolute Gasteiger partial charge is 0.283 e. The number of nitrogens with one attached hydrogen (secondary N) is 1. The number of hydrogen-bond acceptors (Lipinski definition) is 7. The number of fused-ring (bicyclic) bond motifs is 3. The Morgan fingerprint density at radius 3 is 2.77 bits per heavy atom. The molecule has 3 aromatic rings. The number of carbonyl (C=O) groups excluding carboxylic acids is 1. The van der Waals surface area contributed by atoms with Crippen LogP contribution in [0, 0.1) is 0 Å². The molecule has 1 amide bonds. The van der Waals surface area contributed by atoms with Gasteiger partial charge in [0, 0.05) is 48.3 Å². The Balaban J connectivity index is 1.73. The van der Waals surface area contributed by atoms with Crippen LogP contribution in [0.2, 0.25) is 0 Å². The molecule has 4 rings (SSSR count). The van der Waals surface area contributed by atoms with E-state index in [0.717, 1.165) is 38.8 Å². The molecule has 0 saturated carbocycles. The molecular weight excluding hydrogens is 412 g/mol. The van der Waals surface area contributed by atoms with Gasteiger partial charge in [-0.3, -0.25) is 4.79 Å². The van der Waals surface area contributed by atoms with Crippen molar-refractivity contribution in [2.45, 2.75) is 26.3 Å². The van der Waals surface area contributed by atoms with Crippen molar-refractivity contribution in [2.24, 2.45) is 0 Å². The van der Waals surface area contributed by atoms with Crippen molar-refractivity contribution in [1.82, 2.24) is 14.9 Å². The van der Waals surface area contributed by atoms with E-state index in [9.17, 15) is 9.90 Å². The average Bonchev–Trinajstić information content (AvgIpc) is 3.13. The normalized spacial score (nSPS) is 12.5. The summed E-state index contributed by atoms with van der Waals surface area (Å²) in [4.78, 5) is 24.9. The van der Waals surface area contributed by atoms with Gasteiger partial charge < -0.3 is 20.1 Å². The van der Waals surface area contributed by atoms with Crippen LogP contribution in [-0.2, 0) is 6.42 Å². The van der Waals surface area contributed by atoms with Gasteiger partial charge in [-0.1, -0.05) is 6.07 Å². The average molecular weight is 439 g/mol.